The first-order valence-corrected chi connectivity index (χ1v) is 6.10. The van der Waals surface area contributed by atoms with Crippen molar-refractivity contribution in [3.63, 3.8) is 0 Å². The van der Waals surface area contributed by atoms with Crippen LogP contribution in [0.4, 0.5) is 4.39 Å². The van der Waals surface area contributed by atoms with E-state index in [1.54, 1.807) is 6.92 Å². The molecule has 0 amide bonds. The maximum absolute atomic E-state index is 13.0. The maximum atomic E-state index is 13.0. The lowest BCUT2D eigenvalue weighted by Crippen LogP contribution is -2.10. The number of hydrogen-bond donors (Lipinski definition) is 2. The van der Waals surface area contributed by atoms with Crippen LogP contribution in [-0.2, 0) is 6.54 Å². The summed E-state index contributed by atoms with van der Waals surface area (Å²) >= 11 is 0. The van der Waals surface area contributed by atoms with Crippen molar-refractivity contribution in [3.05, 3.63) is 35.8 Å². The number of carbonyl (C=O) groups is 1. The van der Waals surface area contributed by atoms with Gasteiger partial charge < -0.3 is 10.2 Å². The summed E-state index contributed by atoms with van der Waals surface area (Å²) in [5.41, 5.74) is 0.625. The van der Waals surface area contributed by atoms with E-state index in [0.717, 1.165) is 0 Å². The number of carboxylic acid groups (broad SMARTS) is 1. The molecule has 0 aliphatic heterocycles. The Bertz CT molecular complexity index is 608. The third-order valence-corrected chi connectivity index (χ3v) is 2.81. The first-order chi connectivity index (χ1) is 9.49. The number of carboxylic acids is 1. The van der Waals surface area contributed by atoms with Crippen LogP contribution in [0.2, 0.25) is 0 Å². The van der Waals surface area contributed by atoms with E-state index in [1.807, 2.05) is 0 Å². The lowest BCUT2D eigenvalue weighted by molar-refractivity contribution is 0.0691. The Morgan fingerprint density at radius 1 is 1.40 bits per heavy atom. The summed E-state index contributed by atoms with van der Waals surface area (Å²) in [7, 11) is 0. The van der Waals surface area contributed by atoms with Crippen LogP contribution < -0.4 is 0 Å². The molecule has 0 spiro atoms. The Labute approximate surface area is 114 Å². The molecule has 2 aromatic rings. The molecule has 0 fully saturated rings. The van der Waals surface area contributed by atoms with Crippen molar-refractivity contribution in [2.75, 3.05) is 0 Å². The molecule has 0 radical (unpaired) electrons. The van der Waals surface area contributed by atoms with Crippen LogP contribution >= 0.6 is 0 Å². The van der Waals surface area contributed by atoms with Crippen LogP contribution in [0.25, 0.3) is 11.3 Å². The zero-order valence-electron chi connectivity index (χ0n) is 10.8. The number of halogens is 1. The molecular weight excluding hydrogens is 265 g/mol. The van der Waals surface area contributed by atoms with E-state index in [4.69, 9.17) is 5.11 Å². The Hall–Kier alpha value is -2.28. The van der Waals surface area contributed by atoms with Gasteiger partial charge in [-0.25, -0.2) is 13.9 Å². The Morgan fingerprint density at radius 3 is 2.60 bits per heavy atom. The molecule has 106 valence electrons. The van der Waals surface area contributed by atoms with Gasteiger partial charge in [-0.1, -0.05) is 5.21 Å². The molecule has 20 heavy (non-hydrogen) atoms. The second-order valence-corrected chi connectivity index (χ2v) is 4.46. The van der Waals surface area contributed by atoms with E-state index in [1.165, 1.54) is 28.9 Å². The van der Waals surface area contributed by atoms with Crippen LogP contribution in [0.3, 0.4) is 0 Å². The van der Waals surface area contributed by atoms with Crippen molar-refractivity contribution < 1.29 is 19.4 Å². The maximum Gasteiger partial charge on any atom is 0.358 e. The molecule has 7 heteroatoms. The molecular formula is C13H14FN3O3. The SMILES string of the molecule is CC(O)CCn1nnc(C(=O)O)c1-c1ccc(F)cc1. The molecule has 0 saturated heterocycles. The number of aliphatic hydroxyl groups is 1. The van der Waals surface area contributed by atoms with Gasteiger partial charge in [-0.3, -0.25) is 0 Å². The van der Waals surface area contributed by atoms with Gasteiger partial charge in [0, 0.05) is 12.1 Å². The molecule has 0 aliphatic rings. The smallest absolute Gasteiger partial charge is 0.358 e. The van der Waals surface area contributed by atoms with E-state index >= 15 is 0 Å². The highest BCUT2D eigenvalue weighted by Crippen LogP contribution is 2.23. The van der Waals surface area contributed by atoms with Crippen LogP contribution in [0, 0.1) is 5.82 Å². The lowest BCUT2D eigenvalue weighted by atomic mass is 10.1. The number of benzene rings is 1. The van der Waals surface area contributed by atoms with E-state index in [2.05, 4.69) is 10.3 Å². The molecule has 1 aromatic carbocycles. The summed E-state index contributed by atoms with van der Waals surface area (Å²) < 4.78 is 14.4. The number of nitrogens with zero attached hydrogens (tertiary/aromatic N) is 3. The summed E-state index contributed by atoms with van der Waals surface area (Å²) in [5, 5.41) is 25.9. The molecule has 1 heterocycles. The topological polar surface area (TPSA) is 88.2 Å². The summed E-state index contributed by atoms with van der Waals surface area (Å²) in [6.07, 6.45) is -0.120. The fraction of sp³-hybridized carbons (Fsp3) is 0.308. The quantitative estimate of drug-likeness (QED) is 0.867. The fourth-order valence-corrected chi connectivity index (χ4v) is 1.82. The van der Waals surface area contributed by atoms with Gasteiger partial charge in [0.1, 0.15) is 11.5 Å². The van der Waals surface area contributed by atoms with Gasteiger partial charge in [-0.15, -0.1) is 5.10 Å². The van der Waals surface area contributed by atoms with Gasteiger partial charge >= 0.3 is 5.97 Å². The Kier molecular flexibility index (Phi) is 4.09. The summed E-state index contributed by atoms with van der Waals surface area (Å²) in [6, 6.07) is 5.43. The summed E-state index contributed by atoms with van der Waals surface area (Å²) in [5.74, 6) is -1.61. The zero-order valence-corrected chi connectivity index (χ0v) is 10.8. The molecule has 1 unspecified atom stereocenters. The minimum Gasteiger partial charge on any atom is -0.476 e. The van der Waals surface area contributed by atoms with Gasteiger partial charge in [-0.05, 0) is 37.6 Å². The van der Waals surface area contributed by atoms with E-state index < -0.39 is 17.9 Å². The average molecular weight is 279 g/mol. The average Bonchev–Trinajstić information content (AvgIpc) is 2.81. The zero-order chi connectivity index (χ0) is 14.7. The van der Waals surface area contributed by atoms with Crippen LogP contribution in [0.1, 0.15) is 23.8 Å². The Balaban J connectivity index is 2.44. The van der Waals surface area contributed by atoms with Crippen molar-refractivity contribution in [2.45, 2.75) is 26.0 Å². The molecule has 1 aromatic heterocycles. The minimum absolute atomic E-state index is 0.192. The molecule has 0 aliphatic carbocycles. The van der Waals surface area contributed by atoms with Gasteiger partial charge in [0.05, 0.1) is 6.10 Å². The minimum atomic E-state index is -1.20. The highest BCUT2D eigenvalue weighted by molar-refractivity contribution is 5.92. The van der Waals surface area contributed by atoms with Crippen molar-refractivity contribution in [1.82, 2.24) is 15.0 Å². The lowest BCUT2D eigenvalue weighted by Gasteiger charge is -2.08. The monoisotopic (exact) mass is 279 g/mol. The molecule has 1 atom stereocenters. The second-order valence-electron chi connectivity index (χ2n) is 4.46. The molecule has 6 nitrogen and oxygen atoms in total. The van der Waals surface area contributed by atoms with Gasteiger partial charge in [-0.2, -0.15) is 0 Å². The third kappa shape index (κ3) is 3.00. The van der Waals surface area contributed by atoms with E-state index in [9.17, 15) is 14.3 Å². The number of rotatable bonds is 5. The number of aromatic carboxylic acids is 1. The number of hydrogen-bond acceptors (Lipinski definition) is 4. The van der Waals surface area contributed by atoms with Crippen LogP contribution in [0.15, 0.2) is 24.3 Å². The third-order valence-electron chi connectivity index (χ3n) is 2.81. The normalized spacial score (nSPS) is 12.3. The largest absolute Gasteiger partial charge is 0.476 e. The first-order valence-electron chi connectivity index (χ1n) is 6.10. The van der Waals surface area contributed by atoms with E-state index in [-0.39, 0.29) is 5.69 Å². The van der Waals surface area contributed by atoms with Gasteiger partial charge in [0.25, 0.3) is 0 Å². The predicted octanol–water partition coefficient (Wildman–Crippen LogP) is 1.55. The van der Waals surface area contributed by atoms with Crippen LogP contribution in [-0.4, -0.2) is 37.3 Å². The molecule has 2 N–H and O–H groups in total. The number of aryl methyl sites for hydroxylation is 1. The van der Waals surface area contributed by atoms with Crippen molar-refractivity contribution in [2.24, 2.45) is 0 Å². The highest BCUT2D eigenvalue weighted by Gasteiger charge is 2.20. The molecule has 2 rings (SSSR count). The number of aromatic nitrogens is 3. The number of aliphatic hydroxyl groups excluding tert-OH is 1. The summed E-state index contributed by atoms with van der Waals surface area (Å²) in [6.45, 7) is 1.96. The van der Waals surface area contributed by atoms with Crippen LogP contribution in [0.5, 0.6) is 0 Å². The van der Waals surface area contributed by atoms with E-state index in [0.29, 0.717) is 24.2 Å². The van der Waals surface area contributed by atoms with Gasteiger partial charge in [0.15, 0.2) is 5.69 Å². The first kappa shape index (κ1) is 14.1. The van der Waals surface area contributed by atoms with Crippen molar-refractivity contribution in [3.8, 4) is 11.3 Å². The second kappa shape index (κ2) is 5.79. The predicted molar refractivity (Wildman–Crippen MR) is 68.7 cm³/mol. The molecule has 0 saturated carbocycles. The molecule has 0 bridgehead atoms. The van der Waals surface area contributed by atoms with Gasteiger partial charge in [0.2, 0.25) is 0 Å². The fourth-order valence-electron chi connectivity index (χ4n) is 1.82. The van der Waals surface area contributed by atoms with Crippen molar-refractivity contribution >= 4 is 5.97 Å². The highest BCUT2D eigenvalue weighted by atomic mass is 19.1. The summed E-state index contributed by atoms with van der Waals surface area (Å²) in [4.78, 5) is 11.2. The standard InChI is InChI=1S/C13H14FN3O3/c1-8(18)6-7-17-12(11(13(19)20)15-16-17)9-2-4-10(14)5-3-9/h2-5,8,18H,6-7H2,1H3,(H,19,20). The Morgan fingerprint density at radius 2 is 2.05 bits per heavy atom. The van der Waals surface area contributed by atoms with Crippen molar-refractivity contribution in [1.29, 1.82) is 0 Å².